The maximum atomic E-state index is 13.6. The van der Waals surface area contributed by atoms with E-state index in [4.69, 9.17) is 11.6 Å². The van der Waals surface area contributed by atoms with Crippen LogP contribution in [0, 0.1) is 6.92 Å². The molecule has 172 valence electrons. The van der Waals surface area contributed by atoms with E-state index in [1.165, 1.54) is 16.4 Å². The minimum atomic E-state index is -3.94. The van der Waals surface area contributed by atoms with Gasteiger partial charge in [-0.25, -0.2) is 8.42 Å². The molecule has 3 aromatic rings. The predicted octanol–water partition coefficient (Wildman–Crippen LogP) is 5.58. The molecule has 1 aliphatic heterocycles. The van der Waals surface area contributed by atoms with Gasteiger partial charge in [0.05, 0.1) is 11.4 Å². The molecule has 0 radical (unpaired) electrons. The Balaban J connectivity index is 1.69. The SMILES string of the molecule is Cc1ccccc1CN(CC(=O)N1c2ccc(Br)cc2CC1C)S(=O)(=O)c1ccc(Cl)cc1. The van der Waals surface area contributed by atoms with Crippen LogP contribution in [-0.2, 0) is 27.8 Å². The molecule has 0 N–H and O–H groups in total. The number of amides is 1. The van der Waals surface area contributed by atoms with Gasteiger partial charge >= 0.3 is 0 Å². The van der Waals surface area contributed by atoms with Gasteiger partial charge in [0.25, 0.3) is 0 Å². The van der Waals surface area contributed by atoms with Crippen LogP contribution in [0.2, 0.25) is 5.02 Å². The molecule has 0 spiro atoms. The fourth-order valence-corrected chi connectivity index (χ4v) is 6.07. The number of hydrogen-bond acceptors (Lipinski definition) is 3. The number of sulfonamides is 1. The fraction of sp³-hybridized carbons (Fsp3) is 0.240. The van der Waals surface area contributed by atoms with E-state index in [1.54, 1.807) is 17.0 Å². The van der Waals surface area contributed by atoms with E-state index in [1.807, 2.05) is 56.3 Å². The lowest BCUT2D eigenvalue weighted by Crippen LogP contribution is -2.44. The highest BCUT2D eigenvalue weighted by Gasteiger charge is 2.35. The fourth-order valence-electron chi connectivity index (χ4n) is 4.17. The van der Waals surface area contributed by atoms with E-state index in [2.05, 4.69) is 15.9 Å². The number of halogens is 2. The second-order valence-corrected chi connectivity index (χ2v) is 11.5. The highest BCUT2D eigenvalue weighted by Crippen LogP contribution is 2.34. The number of benzene rings is 3. The first kappa shape index (κ1) is 24.0. The van der Waals surface area contributed by atoms with Crippen LogP contribution >= 0.6 is 27.5 Å². The monoisotopic (exact) mass is 546 g/mol. The van der Waals surface area contributed by atoms with E-state index in [9.17, 15) is 13.2 Å². The number of carbonyl (C=O) groups is 1. The number of hydrogen-bond donors (Lipinski definition) is 0. The van der Waals surface area contributed by atoms with Gasteiger partial charge in [-0.1, -0.05) is 51.8 Å². The van der Waals surface area contributed by atoms with Crippen LogP contribution in [0.25, 0.3) is 0 Å². The average molecular weight is 548 g/mol. The van der Waals surface area contributed by atoms with Crippen molar-refractivity contribution in [1.82, 2.24) is 4.31 Å². The zero-order chi connectivity index (χ0) is 23.8. The predicted molar refractivity (Wildman–Crippen MR) is 135 cm³/mol. The van der Waals surface area contributed by atoms with Gasteiger partial charge in [-0.2, -0.15) is 4.31 Å². The molecule has 3 aromatic carbocycles. The molecule has 0 aliphatic carbocycles. The summed E-state index contributed by atoms with van der Waals surface area (Å²) in [6.07, 6.45) is 0.724. The van der Waals surface area contributed by atoms with Gasteiger partial charge in [-0.05, 0) is 79.4 Å². The normalized spacial score (nSPS) is 15.7. The van der Waals surface area contributed by atoms with Gasteiger partial charge in [-0.15, -0.1) is 0 Å². The maximum Gasteiger partial charge on any atom is 0.243 e. The first-order valence-electron chi connectivity index (χ1n) is 10.6. The molecule has 0 fully saturated rings. The Hall–Kier alpha value is -2.19. The summed E-state index contributed by atoms with van der Waals surface area (Å²) in [6, 6.07) is 19.4. The Labute approximate surface area is 208 Å². The zero-order valence-corrected chi connectivity index (χ0v) is 21.5. The van der Waals surface area contributed by atoms with Crippen molar-refractivity contribution in [3.8, 4) is 0 Å². The van der Waals surface area contributed by atoms with Crippen LogP contribution < -0.4 is 4.90 Å². The number of nitrogens with zero attached hydrogens (tertiary/aromatic N) is 2. The minimum Gasteiger partial charge on any atom is -0.308 e. The molecule has 8 heteroatoms. The minimum absolute atomic E-state index is 0.0552. The highest BCUT2D eigenvalue weighted by molar-refractivity contribution is 9.10. The molecule has 1 amide bonds. The lowest BCUT2D eigenvalue weighted by atomic mass is 10.1. The van der Waals surface area contributed by atoms with Crippen molar-refractivity contribution in [2.24, 2.45) is 0 Å². The van der Waals surface area contributed by atoms with Crippen LogP contribution in [0.1, 0.15) is 23.6 Å². The van der Waals surface area contributed by atoms with E-state index in [-0.39, 0.29) is 29.9 Å². The summed E-state index contributed by atoms with van der Waals surface area (Å²) in [7, 11) is -3.94. The second-order valence-electron chi connectivity index (χ2n) is 8.24. The Kier molecular flexibility index (Phi) is 6.96. The molecule has 1 atom stereocenters. The summed E-state index contributed by atoms with van der Waals surface area (Å²) in [6.45, 7) is 3.74. The molecule has 0 saturated carbocycles. The van der Waals surface area contributed by atoms with Crippen LogP contribution in [-0.4, -0.2) is 31.2 Å². The van der Waals surface area contributed by atoms with Crippen LogP contribution in [0.4, 0.5) is 5.69 Å². The van der Waals surface area contributed by atoms with Crippen LogP contribution in [0.15, 0.2) is 76.1 Å². The molecule has 0 aromatic heterocycles. The molecule has 4 rings (SSSR count). The first-order valence-corrected chi connectivity index (χ1v) is 13.2. The Bertz CT molecular complexity index is 1300. The first-order chi connectivity index (χ1) is 15.7. The Morgan fingerprint density at radius 2 is 1.82 bits per heavy atom. The molecule has 33 heavy (non-hydrogen) atoms. The van der Waals surface area contributed by atoms with E-state index in [0.717, 1.165) is 33.3 Å². The molecular weight excluding hydrogens is 524 g/mol. The number of anilines is 1. The quantitative estimate of drug-likeness (QED) is 0.405. The summed E-state index contributed by atoms with van der Waals surface area (Å²) in [5.41, 5.74) is 3.71. The molecule has 0 bridgehead atoms. The molecular formula is C25H24BrClN2O3S. The van der Waals surface area contributed by atoms with Gasteiger partial charge in [0.15, 0.2) is 0 Å². The summed E-state index contributed by atoms with van der Waals surface area (Å²) >= 11 is 9.45. The van der Waals surface area contributed by atoms with Gasteiger partial charge in [0, 0.05) is 27.8 Å². The molecule has 5 nitrogen and oxygen atoms in total. The van der Waals surface area contributed by atoms with Crippen LogP contribution in [0.5, 0.6) is 0 Å². The number of carbonyl (C=O) groups excluding carboxylic acids is 1. The van der Waals surface area contributed by atoms with E-state index in [0.29, 0.717) is 5.02 Å². The number of fused-ring (bicyclic) bond motifs is 1. The molecule has 1 heterocycles. The van der Waals surface area contributed by atoms with E-state index >= 15 is 0 Å². The number of rotatable bonds is 6. The second kappa shape index (κ2) is 9.58. The third-order valence-electron chi connectivity index (χ3n) is 5.90. The Morgan fingerprint density at radius 3 is 2.52 bits per heavy atom. The maximum absolute atomic E-state index is 13.6. The van der Waals surface area contributed by atoms with Gasteiger partial charge in [-0.3, -0.25) is 4.79 Å². The standard InChI is InChI=1S/C25H24BrClN2O3S/c1-17-5-3-4-6-19(17)15-28(33(31,32)23-10-8-22(27)9-11-23)16-25(30)29-18(2)13-20-14-21(26)7-12-24(20)29/h3-12,14,18H,13,15-16H2,1-2H3. The van der Waals surface area contributed by atoms with Crippen molar-refractivity contribution in [1.29, 1.82) is 0 Å². The van der Waals surface area contributed by atoms with Gasteiger partial charge in [0.1, 0.15) is 0 Å². The van der Waals surface area contributed by atoms with Gasteiger partial charge < -0.3 is 4.90 Å². The molecule has 0 saturated heterocycles. The van der Waals surface area contributed by atoms with E-state index < -0.39 is 10.0 Å². The van der Waals surface area contributed by atoms with Crippen molar-refractivity contribution in [2.75, 3.05) is 11.4 Å². The highest BCUT2D eigenvalue weighted by atomic mass is 79.9. The molecule has 1 aliphatic rings. The smallest absolute Gasteiger partial charge is 0.243 e. The summed E-state index contributed by atoms with van der Waals surface area (Å²) < 4.78 is 29.4. The van der Waals surface area contributed by atoms with Crippen molar-refractivity contribution < 1.29 is 13.2 Å². The van der Waals surface area contributed by atoms with Crippen molar-refractivity contribution in [2.45, 2.75) is 37.8 Å². The van der Waals surface area contributed by atoms with Crippen LogP contribution in [0.3, 0.4) is 0 Å². The number of aryl methyl sites for hydroxylation is 1. The van der Waals surface area contributed by atoms with Crippen molar-refractivity contribution in [3.05, 3.63) is 92.9 Å². The summed E-state index contributed by atoms with van der Waals surface area (Å²) in [4.78, 5) is 15.3. The molecule has 1 unspecified atom stereocenters. The average Bonchev–Trinajstić information content (AvgIpc) is 3.09. The van der Waals surface area contributed by atoms with Crippen molar-refractivity contribution >= 4 is 49.1 Å². The Morgan fingerprint density at radius 1 is 1.12 bits per heavy atom. The van der Waals surface area contributed by atoms with Gasteiger partial charge in [0.2, 0.25) is 15.9 Å². The largest absolute Gasteiger partial charge is 0.308 e. The summed E-state index contributed by atoms with van der Waals surface area (Å²) in [5.74, 6) is -0.255. The van der Waals surface area contributed by atoms with Crippen molar-refractivity contribution in [3.63, 3.8) is 0 Å². The topological polar surface area (TPSA) is 57.7 Å². The third kappa shape index (κ3) is 5.01. The summed E-state index contributed by atoms with van der Waals surface area (Å²) in [5, 5.41) is 0.448. The third-order valence-corrected chi connectivity index (χ3v) is 8.45. The zero-order valence-electron chi connectivity index (χ0n) is 18.3. The lowest BCUT2D eigenvalue weighted by molar-refractivity contribution is -0.119. The lowest BCUT2D eigenvalue weighted by Gasteiger charge is -2.28.